The van der Waals surface area contributed by atoms with Crippen LogP contribution < -0.4 is 5.32 Å². The van der Waals surface area contributed by atoms with E-state index in [1.807, 2.05) is 0 Å². The number of hydrogen-bond donors (Lipinski definition) is 2. The van der Waals surface area contributed by atoms with Gasteiger partial charge >= 0.3 is 11.9 Å². The fraction of sp³-hybridized carbons (Fsp3) is 0.435. The summed E-state index contributed by atoms with van der Waals surface area (Å²) in [6.45, 7) is 3.48. The van der Waals surface area contributed by atoms with Crippen LogP contribution in [0, 0.1) is 23.7 Å². The lowest BCUT2D eigenvalue weighted by Crippen LogP contribution is -2.38. The summed E-state index contributed by atoms with van der Waals surface area (Å²) in [6.07, 6.45) is 2.09. The van der Waals surface area contributed by atoms with Crippen LogP contribution in [0.2, 0.25) is 10.0 Å². The Kier molecular flexibility index (Phi) is 6.52. The van der Waals surface area contributed by atoms with Gasteiger partial charge in [0.05, 0.1) is 17.9 Å². The molecule has 6 nitrogen and oxygen atoms in total. The zero-order chi connectivity index (χ0) is 23.2. The number of carboxylic acid groups (broad SMARTS) is 1. The van der Waals surface area contributed by atoms with Crippen molar-refractivity contribution >= 4 is 57.4 Å². The van der Waals surface area contributed by atoms with E-state index in [4.69, 9.17) is 27.9 Å². The summed E-state index contributed by atoms with van der Waals surface area (Å²) < 4.78 is 5.43. The van der Waals surface area contributed by atoms with Crippen LogP contribution in [-0.2, 0) is 14.3 Å². The number of halogens is 2. The zero-order valence-corrected chi connectivity index (χ0v) is 19.9. The number of amides is 1. The van der Waals surface area contributed by atoms with Crippen LogP contribution in [0.4, 0.5) is 5.00 Å². The van der Waals surface area contributed by atoms with E-state index in [2.05, 4.69) is 5.32 Å². The molecule has 4 atom stereocenters. The molecule has 2 bridgehead atoms. The molecule has 2 saturated carbocycles. The predicted molar refractivity (Wildman–Crippen MR) is 124 cm³/mol. The average Bonchev–Trinajstić information content (AvgIpc) is 3.41. The number of benzene rings is 1. The molecule has 1 heterocycles. The molecule has 0 radical (unpaired) electrons. The number of nitrogens with one attached hydrogen (secondary N) is 1. The number of carbonyl (C=O) groups excluding carboxylic acids is 2. The third kappa shape index (κ3) is 4.26. The van der Waals surface area contributed by atoms with Crippen molar-refractivity contribution in [1.82, 2.24) is 0 Å². The summed E-state index contributed by atoms with van der Waals surface area (Å²) in [5, 5.41) is 15.4. The van der Waals surface area contributed by atoms with Gasteiger partial charge in [0.25, 0.3) is 0 Å². The van der Waals surface area contributed by atoms with Crippen LogP contribution in [-0.4, -0.2) is 29.1 Å². The molecule has 0 saturated heterocycles. The first-order valence-electron chi connectivity index (χ1n) is 10.5. The Balaban J connectivity index is 1.69. The lowest BCUT2D eigenvalue weighted by molar-refractivity contribution is -0.148. The van der Waals surface area contributed by atoms with Crippen molar-refractivity contribution < 1.29 is 24.2 Å². The first kappa shape index (κ1) is 23.1. The Morgan fingerprint density at radius 3 is 2.44 bits per heavy atom. The Bertz CT molecular complexity index is 1080. The lowest BCUT2D eigenvalue weighted by atomic mass is 9.78. The minimum absolute atomic E-state index is 0.0328. The first-order valence-corrected chi connectivity index (χ1v) is 12.1. The molecule has 0 aliphatic heterocycles. The molecule has 4 rings (SSSR count). The maximum absolute atomic E-state index is 13.2. The molecular formula is C23H23Cl2NO5S. The van der Waals surface area contributed by atoms with Crippen LogP contribution in [0.25, 0.3) is 11.1 Å². The first-order chi connectivity index (χ1) is 15.2. The number of anilines is 1. The molecule has 2 aromatic rings. The second kappa shape index (κ2) is 9.04. The third-order valence-corrected chi connectivity index (χ3v) is 7.74. The standard InChI is InChI=1S/C23H23Cl2NO5S/c1-10(2)31-23(30)19-15(14-6-5-13(24)8-16(14)25)9-32-21(19)26-20(27)17-11-3-4-12(7-11)18(17)22(28)29/h5-6,8-12,17-18H,3-4,7H2,1-2H3,(H,26,27)(H,28,29)/t11-,12-,17+,18-/m0/s1. The number of rotatable bonds is 6. The van der Waals surface area contributed by atoms with E-state index in [1.54, 1.807) is 37.4 Å². The zero-order valence-electron chi connectivity index (χ0n) is 17.6. The fourth-order valence-corrected chi connectivity index (χ4v) is 6.51. The highest BCUT2D eigenvalue weighted by Gasteiger charge is 2.54. The van der Waals surface area contributed by atoms with E-state index < -0.39 is 23.8 Å². The van der Waals surface area contributed by atoms with Gasteiger partial charge in [-0.05, 0) is 57.1 Å². The van der Waals surface area contributed by atoms with Crippen LogP contribution in [0.1, 0.15) is 43.5 Å². The number of carboxylic acids is 1. The van der Waals surface area contributed by atoms with Crippen LogP contribution in [0.3, 0.4) is 0 Å². The molecule has 2 aliphatic carbocycles. The lowest BCUT2D eigenvalue weighted by Gasteiger charge is -2.27. The molecule has 9 heteroatoms. The van der Waals surface area contributed by atoms with Gasteiger partial charge < -0.3 is 15.2 Å². The number of carbonyl (C=O) groups is 3. The molecule has 2 N–H and O–H groups in total. The molecule has 0 spiro atoms. The Morgan fingerprint density at radius 1 is 1.12 bits per heavy atom. The van der Waals surface area contributed by atoms with E-state index in [9.17, 15) is 19.5 Å². The minimum atomic E-state index is -0.934. The smallest absolute Gasteiger partial charge is 0.342 e. The van der Waals surface area contributed by atoms with Gasteiger partial charge in [-0.3, -0.25) is 9.59 Å². The van der Waals surface area contributed by atoms with Crippen molar-refractivity contribution in [3.8, 4) is 11.1 Å². The molecule has 0 unspecified atom stereocenters. The molecule has 1 aromatic carbocycles. The summed E-state index contributed by atoms with van der Waals surface area (Å²) >= 11 is 13.6. The largest absolute Gasteiger partial charge is 0.481 e. The number of aliphatic carboxylic acids is 1. The second-order valence-corrected chi connectivity index (χ2v) is 10.4. The second-order valence-electron chi connectivity index (χ2n) is 8.64. The summed E-state index contributed by atoms with van der Waals surface area (Å²) in [4.78, 5) is 38.0. The Morgan fingerprint density at radius 2 is 1.81 bits per heavy atom. The third-order valence-electron chi connectivity index (χ3n) is 6.30. The van der Waals surface area contributed by atoms with Crippen LogP contribution in [0.15, 0.2) is 23.6 Å². The highest BCUT2D eigenvalue weighted by Crippen LogP contribution is 2.53. The summed E-state index contributed by atoms with van der Waals surface area (Å²) in [5.74, 6) is -3.09. The highest BCUT2D eigenvalue weighted by atomic mass is 35.5. The summed E-state index contributed by atoms with van der Waals surface area (Å²) in [7, 11) is 0. The Labute approximate surface area is 199 Å². The van der Waals surface area contributed by atoms with Crippen molar-refractivity contribution in [2.75, 3.05) is 5.32 Å². The molecule has 170 valence electrons. The number of ether oxygens (including phenoxy) is 1. The van der Waals surface area contributed by atoms with Crippen molar-refractivity contribution in [2.24, 2.45) is 23.7 Å². The predicted octanol–water partition coefficient (Wildman–Crippen LogP) is 5.97. The highest BCUT2D eigenvalue weighted by molar-refractivity contribution is 7.15. The minimum Gasteiger partial charge on any atom is -0.481 e. The molecule has 1 amide bonds. The SMILES string of the molecule is CC(C)OC(=O)c1c(-c2ccc(Cl)cc2Cl)csc1NC(=O)[C@@H]1[C@H]2CC[C@@H](C2)[C@@H]1C(=O)O. The fourth-order valence-electron chi connectivity index (χ4n) is 5.05. The number of thiophene rings is 1. The molecule has 2 fully saturated rings. The van der Waals surface area contributed by atoms with Gasteiger partial charge in [0.1, 0.15) is 10.6 Å². The molecular weight excluding hydrogens is 473 g/mol. The van der Waals surface area contributed by atoms with E-state index in [1.165, 1.54) is 11.3 Å². The van der Waals surface area contributed by atoms with Gasteiger partial charge in [-0.25, -0.2) is 4.79 Å². The monoisotopic (exact) mass is 495 g/mol. The number of hydrogen-bond acceptors (Lipinski definition) is 5. The molecule has 2 aliphatic rings. The molecule has 32 heavy (non-hydrogen) atoms. The number of esters is 1. The van der Waals surface area contributed by atoms with E-state index >= 15 is 0 Å². The van der Waals surface area contributed by atoms with Crippen LogP contribution >= 0.6 is 34.5 Å². The van der Waals surface area contributed by atoms with Gasteiger partial charge in [0.15, 0.2) is 0 Å². The summed E-state index contributed by atoms with van der Waals surface area (Å²) in [6, 6.07) is 4.96. The maximum Gasteiger partial charge on any atom is 0.342 e. The van der Waals surface area contributed by atoms with E-state index in [-0.39, 0.29) is 29.4 Å². The topological polar surface area (TPSA) is 92.7 Å². The van der Waals surface area contributed by atoms with E-state index in [0.717, 1.165) is 19.3 Å². The average molecular weight is 496 g/mol. The van der Waals surface area contributed by atoms with Crippen molar-refractivity contribution in [3.05, 3.63) is 39.2 Å². The van der Waals surface area contributed by atoms with Gasteiger partial charge in [-0.1, -0.05) is 29.3 Å². The molecule has 1 aromatic heterocycles. The van der Waals surface area contributed by atoms with Crippen LogP contribution in [0.5, 0.6) is 0 Å². The Hall–Kier alpha value is -2.09. The quantitative estimate of drug-likeness (QED) is 0.481. The number of fused-ring (bicyclic) bond motifs is 2. The summed E-state index contributed by atoms with van der Waals surface area (Å²) in [5.41, 5.74) is 1.32. The normalized spacial score (nSPS) is 24.0. The van der Waals surface area contributed by atoms with Crippen molar-refractivity contribution in [2.45, 2.75) is 39.2 Å². The van der Waals surface area contributed by atoms with E-state index in [0.29, 0.717) is 26.2 Å². The van der Waals surface area contributed by atoms with Crippen molar-refractivity contribution in [3.63, 3.8) is 0 Å². The van der Waals surface area contributed by atoms with Gasteiger partial charge in [0, 0.05) is 26.6 Å². The maximum atomic E-state index is 13.2. The van der Waals surface area contributed by atoms with Crippen molar-refractivity contribution in [1.29, 1.82) is 0 Å². The van der Waals surface area contributed by atoms with Gasteiger partial charge in [0.2, 0.25) is 5.91 Å². The van der Waals surface area contributed by atoms with Gasteiger partial charge in [-0.15, -0.1) is 11.3 Å². The van der Waals surface area contributed by atoms with Gasteiger partial charge in [-0.2, -0.15) is 0 Å².